The average Bonchev–Trinajstić information content (AvgIpc) is 2.54. The van der Waals surface area contributed by atoms with Crippen molar-refractivity contribution in [1.82, 2.24) is 10.2 Å². The van der Waals surface area contributed by atoms with Gasteiger partial charge in [-0.25, -0.2) is 0 Å². The van der Waals surface area contributed by atoms with Crippen LogP contribution in [0.25, 0.3) is 0 Å². The molecule has 1 heterocycles. The fraction of sp³-hybridized carbons (Fsp3) is 0.667. The van der Waals surface area contributed by atoms with Crippen molar-refractivity contribution < 1.29 is 26.3 Å². The first kappa shape index (κ1) is 27.3. The number of halogens is 8. The van der Waals surface area contributed by atoms with E-state index in [9.17, 15) is 26.3 Å². The fourth-order valence-electron chi connectivity index (χ4n) is 3.22. The van der Waals surface area contributed by atoms with Gasteiger partial charge >= 0.3 is 12.4 Å². The van der Waals surface area contributed by atoms with Gasteiger partial charge in [-0.15, -0.1) is 24.8 Å². The Bertz CT molecular complexity index is 566. The number of benzene rings is 1. The molecule has 1 atom stereocenters. The molecule has 0 spiro atoms. The van der Waals surface area contributed by atoms with E-state index in [1.165, 1.54) is 0 Å². The fourth-order valence-corrected chi connectivity index (χ4v) is 3.22. The van der Waals surface area contributed by atoms with E-state index >= 15 is 0 Å². The Labute approximate surface area is 173 Å². The minimum atomic E-state index is -4.82. The largest absolute Gasteiger partial charge is 0.416 e. The average molecular weight is 455 g/mol. The van der Waals surface area contributed by atoms with Crippen LogP contribution in [0, 0.1) is 5.92 Å². The highest BCUT2D eigenvalue weighted by molar-refractivity contribution is 5.85. The third-order valence-corrected chi connectivity index (χ3v) is 4.60. The lowest BCUT2D eigenvalue weighted by molar-refractivity contribution is -0.143. The maximum absolute atomic E-state index is 13.2. The van der Waals surface area contributed by atoms with Crippen molar-refractivity contribution in [3.05, 3.63) is 34.9 Å². The summed E-state index contributed by atoms with van der Waals surface area (Å²) >= 11 is 0. The summed E-state index contributed by atoms with van der Waals surface area (Å²) in [6, 6.07) is 1.49. The summed E-state index contributed by atoms with van der Waals surface area (Å²) in [5.74, 6) is 0.313. The van der Waals surface area contributed by atoms with Gasteiger partial charge in [-0.3, -0.25) is 4.90 Å². The highest BCUT2D eigenvalue weighted by Crippen LogP contribution is 2.39. The van der Waals surface area contributed by atoms with Crippen LogP contribution in [0.1, 0.15) is 49.4 Å². The molecule has 0 radical (unpaired) electrons. The molecular weight excluding hydrogens is 429 g/mol. The molecule has 1 N–H and O–H groups in total. The van der Waals surface area contributed by atoms with Gasteiger partial charge in [-0.1, -0.05) is 13.8 Å². The SMILES string of the molecule is CC(C)CC[C@@H](c1cc(C(F)(F)F)cc(C(F)(F)F)c1)N1CCNCC1.Cl.Cl. The van der Waals surface area contributed by atoms with Gasteiger partial charge in [0.05, 0.1) is 11.1 Å². The Morgan fingerprint density at radius 1 is 0.857 bits per heavy atom. The van der Waals surface area contributed by atoms with Gasteiger partial charge < -0.3 is 5.32 Å². The lowest BCUT2D eigenvalue weighted by Crippen LogP contribution is -2.45. The number of hydrogen-bond acceptors (Lipinski definition) is 2. The molecule has 2 rings (SSSR count). The van der Waals surface area contributed by atoms with Gasteiger partial charge in [-0.05, 0) is 42.5 Å². The van der Waals surface area contributed by atoms with E-state index in [1.807, 2.05) is 18.7 Å². The molecule has 164 valence electrons. The summed E-state index contributed by atoms with van der Waals surface area (Å²) in [5, 5.41) is 3.16. The van der Waals surface area contributed by atoms with Crippen LogP contribution in [0.2, 0.25) is 0 Å². The zero-order valence-electron chi connectivity index (χ0n) is 15.7. The molecule has 0 bridgehead atoms. The normalized spacial score (nSPS) is 17.0. The van der Waals surface area contributed by atoms with Crippen LogP contribution in [0.3, 0.4) is 0 Å². The van der Waals surface area contributed by atoms with Crippen LogP contribution in [0.5, 0.6) is 0 Å². The van der Waals surface area contributed by atoms with Crippen molar-refractivity contribution in [2.75, 3.05) is 26.2 Å². The Morgan fingerprint density at radius 2 is 1.32 bits per heavy atom. The summed E-state index contributed by atoms with van der Waals surface area (Å²) in [6.07, 6.45) is -8.38. The number of nitrogens with zero attached hydrogens (tertiary/aromatic N) is 1. The van der Waals surface area contributed by atoms with E-state index in [4.69, 9.17) is 0 Å². The number of nitrogens with one attached hydrogen (secondary N) is 1. The smallest absolute Gasteiger partial charge is 0.314 e. The molecule has 1 aromatic carbocycles. The van der Waals surface area contributed by atoms with Gasteiger partial charge in [0.2, 0.25) is 0 Å². The van der Waals surface area contributed by atoms with E-state index in [1.54, 1.807) is 0 Å². The highest BCUT2D eigenvalue weighted by atomic mass is 35.5. The number of piperazine rings is 1. The van der Waals surface area contributed by atoms with Crippen LogP contribution >= 0.6 is 24.8 Å². The first-order chi connectivity index (χ1) is 12.0. The lowest BCUT2D eigenvalue weighted by atomic mass is 9.93. The first-order valence-electron chi connectivity index (χ1n) is 8.72. The maximum Gasteiger partial charge on any atom is 0.416 e. The van der Waals surface area contributed by atoms with Gasteiger partial charge in [0.1, 0.15) is 0 Å². The van der Waals surface area contributed by atoms with E-state index in [2.05, 4.69) is 5.32 Å². The van der Waals surface area contributed by atoms with Gasteiger partial charge in [0.25, 0.3) is 0 Å². The zero-order chi connectivity index (χ0) is 19.5. The molecule has 1 aliphatic heterocycles. The molecule has 1 aliphatic rings. The minimum absolute atomic E-state index is 0. The molecular formula is C18H26Cl2F6N2. The van der Waals surface area contributed by atoms with Crippen molar-refractivity contribution in [3.8, 4) is 0 Å². The summed E-state index contributed by atoms with van der Waals surface area (Å²) in [4.78, 5) is 1.98. The van der Waals surface area contributed by atoms with Crippen molar-refractivity contribution >= 4 is 24.8 Å². The maximum atomic E-state index is 13.2. The van der Waals surface area contributed by atoms with Gasteiger partial charge in [0, 0.05) is 32.2 Å². The van der Waals surface area contributed by atoms with Crippen molar-refractivity contribution in [2.24, 2.45) is 5.92 Å². The summed E-state index contributed by atoms with van der Waals surface area (Å²) in [7, 11) is 0. The zero-order valence-corrected chi connectivity index (χ0v) is 17.3. The van der Waals surface area contributed by atoms with E-state index in [0.29, 0.717) is 38.5 Å². The predicted molar refractivity (Wildman–Crippen MR) is 102 cm³/mol. The lowest BCUT2D eigenvalue weighted by Gasteiger charge is -2.36. The molecule has 2 nitrogen and oxygen atoms in total. The van der Waals surface area contributed by atoms with E-state index in [0.717, 1.165) is 18.6 Å². The predicted octanol–water partition coefficient (Wildman–Crippen LogP) is 5.95. The van der Waals surface area contributed by atoms with Crippen molar-refractivity contribution in [1.29, 1.82) is 0 Å². The molecule has 0 aliphatic carbocycles. The van der Waals surface area contributed by atoms with Crippen LogP contribution in [-0.4, -0.2) is 31.1 Å². The minimum Gasteiger partial charge on any atom is -0.314 e. The van der Waals surface area contributed by atoms with E-state index < -0.39 is 29.5 Å². The monoisotopic (exact) mass is 454 g/mol. The van der Waals surface area contributed by atoms with Crippen molar-refractivity contribution in [3.63, 3.8) is 0 Å². The van der Waals surface area contributed by atoms with Gasteiger partial charge in [0.15, 0.2) is 0 Å². The second kappa shape index (κ2) is 10.9. The van der Waals surface area contributed by atoms with E-state index in [-0.39, 0.29) is 36.4 Å². The Morgan fingerprint density at radius 3 is 1.71 bits per heavy atom. The second-order valence-corrected chi connectivity index (χ2v) is 7.11. The molecule has 0 aromatic heterocycles. The molecule has 28 heavy (non-hydrogen) atoms. The standard InChI is InChI=1S/C18H24F6N2.2ClH/c1-12(2)3-4-16(26-7-5-25-6-8-26)13-9-14(17(19,20)21)11-15(10-13)18(22,23)24;;/h9-12,16,25H,3-8H2,1-2H3;2*1H/t16-;;/m0../s1. The summed E-state index contributed by atoms with van der Waals surface area (Å²) < 4.78 is 79.0. The first-order valence-corrected chi connectivity index (χ1v) is 8.72. The number of alkyl halides is 6. The Kier molecular flexibility index (Phi) is 10.6. The molecule has 1 fully saturated rings. The topological polar surface area (TPSA) is 15.3 Å². The van der Waals surface area contributed by atoms with Gasteiger partial charge in [-0.2, -0.15) is 26.3 Å². The summed E-state index contributed by atoms with van der Waals surface area (Å²) in [6.45, 7) is 6.51. The number of hydrogen-bond donors (Lipinski definition) is 1. The second-order valence-electron chi connectivity index (χ2n) is 7.11. The Balaban J connectivity index is 0.00000364. The van der Waals surface area contributed by atoms with Crippen LogP contribution in [0.15, 0.2) is 18.2 Å². The third kappa shape index (κ3) is 7.61. The third-order valence-electron chi connectivity index (χ3n) is 4.60. The number of rotatable bonds is 5. The van der Waals surface area contributed by atoms with Crippen molar-refractivity contribution in [2.45, 2.75) is 45.1 Å². The molecule has 0 amide bonds. The van der Waals surface area contributed by atoms with Crippen LogP contribution < -0.4 is 5.32 Å². The molecule has 0 unspecified atom stereocenters. The molecule has 0 saturated carbocycles. The highest BCUT2D eigenvalue weighted by Gasteiger charge is 2.38. The molecule has 1 aromatic rings. The molecule has 1 saturated heterocycles. The summed E-state index contributed by atoms with van der Waals surface area (Å²) in [5.41, 5.74) is -2.39. The Hall–Kier alpha value is -0.700. The molecule has 10 heteroatoms. The van der Waals surface area contributed by atoms with Crippen LogP contribution in [-0.2, 0) is 12.4 Å². The van der Waals surface area contributed by atoms with Crippen LogP contribution in [0.4, 0.5) is 26.3 Å². The quantitative estimate of drug-likeness (QED) is 0.552.